The Balaban J connectivity index is 2.03. The van der Waals surface area contributed by atoms with E-state index in [1.54, 1.807) is 37.3 Å². The predicted octanol–water partition coefficient (Wildman–Crippen LogP) is 1.92. The summed E-state index contributed by atoms with van der Waals surface area (Å²) in [6.07, 6.45) is 3.43. The highest BCUT2D eigenvalue weighted by Crippen LogP contribution is 2.20. The summed E-state index contributed by atoms with van der Waals surface area (Å²) < 4.78 is 10.8. The van der Waals surface area contributed by atoms with Gasteiger partial charge < -0.3 is 20.1 Å². The van der Waals surface area contributed by atoms with E-state index in [-0.39, 0.29) is 12.0 Å². The van der Waals surface area contributed by atoms with Crippen LogP contribution in [0.5, 0.6) is 5.75 Å². The molecule has 5 heteroatoms. The number of nitrogens with zero attached hydrogens (tertiary/aromatic N) is 1. The van der Waals surface area contributed by atoms with Gasteiger partial charge in [-0.3, -0.25) is 4.79 Å². The van der Waals surface area contributed by atoms with E-state index in [0.717, 1.165) is 19.4 Å². The molecular weight excluding hydrogens is 256 g/mol. The van der Waals surface area contributed by atoms with Crippen LogP contribution >= 0.6 is 0 Å². The van der Waals surface area contributed by atoms with Gasteiger partial charge in [-0.2, -0.15) is 0 Å². The van der Waals surface area contributed by atoms with Crippen LogP contribution in [0.15, 0.2) is 18.2 Å². The molecule has 1 aromatic carbocycles. The fraction of sp³-hybridized carbons (Fsp3) is 0.533. The lowest BCUT2D eigenvalue weighted by Gasteiger charge is -2.27. The van der Waals surface area contributed by atoms with Crippen LogP contribution in [-0.4, -0.2) is 44.2 Å². The summed E-state index contributed by atoms with van der Waals surface area (Å²) in [6, 6.07) is 5.07. The molecule has 1 aliphatic rings. The van der Waals surface area contributed by atoms with E-state index in [1.165, 1.54) is 6.42 Å². The molecule has 0 spiro atoms. The molecule has 20 heavy (non-hydrogen) atoms. The smallest absolute Gasteiger partial charge is 0.253 e. The van der Waals surface area contributed by atoms with Gasteiger partial charge in [-0.25, -0.2) is 0 Å². The summed E-state index contributed by atoms with van der Waals surface area (Å²) in [5, 5.41) is 0. The molecule has 1 unspecified atom stereocenters. The summed E-state index contributed by atoms with van der Waals surface area (Å²) in [7, 11) is 3.35. The highest BCUT2D eigenvalue weighted by atomic mass is 16.5. The molecule has 0 bridgehead atoms. The van der Waals surface area contributed by atoms with Crippen LogP contribution in [0.4, 0.5) is 5.69 Å². The summed E-state index contributed by atoms with van der Waals surface area (Å²) in [4.78, 5) is 14.1. The van der Waals surface area contributed by atoms with Crippen LogP contribution in [0, 0.1) is 0 Å². The Kier molecular flexibility index (Phi) is 4.84. The van der Waals surface area contributed by atoms with Crippen molar-refractivity contribution in [3.8, 4) is 5.75 Å². The van der Waals surface area contributed by atoms with Gasteiger partial charge in [0.15, 0.2) is 0 Å². The third-order valence-corrected chi connectivity index (χ3v) is 3.51. The van der Waals surface area contributed by atoms with Gasteiger partial charge in [0.2, 0.25) is 0 Å². The number of nitrogen functional groups attached to an aromatic ring is 1. The molecule has 0 aromatic heterocycles. The van der Waals surface area contributed by atoms with Crippen molar-refractivity contribution >= 4 is 11.6 Å². The summed E-state index contributed by atoms with van der Waals surface area (Å²) in [5.41, 5.74) is 6.85. The Morgan fingerprint density at radius 3 is 2.90 bits per heavy atom. The topological polar surface area (TPSA) is 64.8 Å². The first kappa shape index (κ1) is 14.7. The Hall–Kier alpha value is -1.75. The lowest BCUT2D eigenvalue weighted by atomic mass is 10.1. The number of benzene rings is 1. The number of ether oxygens (including phenoxy) is 2. The molecule has 1 heterocycles. The minimum atomic E-state index is -0.0650. The normalized spacial score (nSPS) is 18.6. The summed E-state index contributed by atoms with van der Waals surface area (Å²) in [5.74, 6) is 0.528. The molecule has 1 saturated heterocycles. The maximum Gasteiger partial charge on any atom is 0.253 e. The zero-order chi connectivity index (χ0) is 14.5. The zero-order valence-corrected chi connectivity index (χ0v) is 12.1. The molecule has 1 amide bonds. The maximum atomic E-state index is 12.4. The van der Waals surface area contributed by atoms with E-state index in [0.29, 0.717) is 23.5 Å². The van der Waals surface area contributed by atoms with Gasteiger partial charge in [0, 0.05) is 37.5 Å². The predicted molar refractivity (Wildman–Crippen MR) is 78.0 cm³/mol. The highest BCUT2D eigenvalue weighted by molar-refractivity contribution is 5.95. The van der Waals surface area contributed by atoms with Crippen molar-refractivity contribution in [3.63, 3.8) is 0 Å². The van der Waals surface area contributed by atoms with Crippen molar-refractivity contribution in [2.24, 2.45) is 0 Å². The first-order valence-corrected chi connectivity index (χ1v) is 6.92. The number of likely N-dealkylation sites (N-methyl/N-ethyl adjacent to an activating group) is 1. The van der Waals surface area contributed by atoms with E-state index in [9.17, 15) is 4.79 Å². The molecule has 1 aromatic rings. The molecule has 1 aliphatic heterocycles. The van der Waals surface area contributed by atoms with Crippen LogP contribution in [-0.2, 0) is 4.74 Å². The first-order valence-electron chi connectivity index (χ1n) is 6.92. The number of methoxy groups -OCH3 is 1. The van der Waals surface area contributed by atoms with E-state index in [1.807, 2.05) is 0 Å². The van der Waals surface area contributed by atoms with Crippen molar-refractivity contribution in [3.05, 3.63) is 23.8 Å². The van der Waals surface area contributed by atoms with Crippen molar-refractivity contribution in [2.75, 3.05) is 33.0 Å². The van der Waals surface area contributed by atoms with Crippen LogP contribution in [0.2, 0.25) is 0 Å². The van der Waals surface area contributed by atoms with Crippen LogP contribution in [0.25, 0.3) is 0 Å². The molecule has 1 fully saturated rings. The monoisotopic (exact) mass is 278 g/mol. The van der Waals surface area contributed by atoms with Gasteiger partial charge in [0.25, 0.3) is 5.91 Å². The van der Waals surface area contributed by atoms with Gasteiger partial charge in [-0.05, 0) is 31.4 Å². The molecule has 2 rings (SSSR count). The fourth-order valence-corrected chi connectivity index (χ4v) is 2.42. The van der Waals surface area contributed by atoms with Crippen molar-refractivity contribution in [1.29, 1.82) is 0 Å². The quantitative estimate of drug-likeness (QED) is 0.855. The minimum absolute atomic E-state index is 0.0650. The second-order valence-corrected chi connectivity index (χ2v) is 5.17. The molecule has 0 saturated carbocycles. The third-order valence-electron chi connectivity index (χ3n) is 3.51. The average Bonchev–Trinajstić information content (AvgIpc) is 2.46. The van der Waals surface area contributed by atoms with Gasteiger partial charge in [-0.1, -0.05) is 0 Å². The van der Waals surface area contributed by atoms with Gasteiger partial charge >= 0.3 is 0 Å². The van der Waals surface area contributed by atoms with E-state index in [4.69, 9.17) is 15.2 Å². The molecule has 5 nitrogen and oxygen atoms in total. The lowest BCUT2D eigenvalue weighted by Crippen LogP contribution is -2.37. The fourth-order valence-electron chi connectivity index (χ4n) is 2.42. The van der Waals surface area contributed by atoms with Gasteiger partial charge in [0.05, 0.1) is 13.2 Å². The number of rotatable bonds is 4. The standard InChI is InChI=1S/C15H22N2O3/c1-17(10-13-5-3-4-6-20-13)15(18)11-7-12(16)9-14(8-11)19-2/h7-9,13H,3-6,10,16H2,1-2H3. The second kappa shape index (κ2) is 6.61. The molecule has 110 valence electrons. The SMILES string of the molecule is COc1cc(N)cc(C(=O)N(C)CC2CCCCO2)c1. The Labute approximate surface area is 119 Å². The van der Waals surface area contributed by atoms with E-state index >= 15 is 0 Å². The number of anilines is 1. The Morgan fingerprint density at radius 1 is 1.45 bits per heavy atom. The molecular formula is C15H22N2O3. The van der Waals surface area contributed by atoms with Crippen molar-refractivity contribution in [1.82, 2.24) is 4.90 Å². The second-order valence-electron chi connectivity index (χ2n) is 5.17. The van der Waals surface area contributed by atoms with Crippen LogP contribution in [0.1, 0.15) is 29.6 Å². The summed E-state index contributed by atoms with van der Waals surface area (Å²) in [6.45, 7) is 1.40. The molecule has 1 atom stereocenters. The third kappa shape index (κ3) is 3.63. The number of hydrogen-bond donors (Lipinski definition) is 1. The number of nitrogens with two attached hydrogens (primary N) is 1. The lowest BCUT2D eigenvalue weighted by molar-refractivity contribution is -0.000189. The first-order chi connectivity index (χ1) is 9.60. The summed E-state index contributed by atoms with van der Waals surface area (Å²) >= 11 is 0. The Morgan fingerprint density at radius 2 is 2.25 bits per heavy atom. The van der Waals surface area contributed by atoms with Crippen molar-refractivity contribution < 1.29 is 14.3 Å². The van der Waals surface area contributed by atoms with E-state index in [2.05, 4.69) is 0 Å². The van der Waals surface area contributed by atoms with E-state index < -0.39 is 0 Å². The highest BCUT2D eigenvalue weighted by Gasteiger charge is 2.20. The average molecular weight is 278 g/mol. The maximum absolute atomic E-state index is 12.4. The zero-order valence-electron chi connectivity index (χ0n) is 12.1. The molecule has 2 N–H and O–H groups in total. The minimum Gasteiger partial charge on any atom is -0.497 e. The van der Waals surface area contributed by atoms with Crippen LogP contribution < -0.4 is 10.5 Å². The number of carbonyl (C=O) groups excluding carboxylic acids is 1. The number of amides is 1. The molecule has 0 radical (unpaired) electrons. The Bertz CT molecular complexity index is 470. The van der Waals surface area contributed by atoms with Crippen molar-refractivity contribution in [2.45, 2.75) is 25.4 Å². The molecule has 0 aliphatic carbocycles. The van der Waals surface area contributed by atoms with Gasteiger partial charge in [-0.15, -0.1) is 0 Å². The largest absolute Gasteiger partial charge is 0.497 e. The van der Waals surface area contributed by atoms with Gasteiger partial charge in [0.1, 0.15) is 5.75 Å². The number of carbonyl (C=O) groups is 1. The van der Waals surface area contributed by atoms with Crippen LogP contribution in [0.3, 0.4) is 0 Å². The number of hydrogen-bond acceptors (Lipinski definition) is 4.